The number of aromatic nitrogens is 2. The fourth-order valence-corrected chi connectivity index (χ4v) is 11.0. The summed E-state index contributed by atoms with van der Waals surface area (Å²) in [6, 6.07) is 91.4. The van der Waals surface area contributed by atoms with Crippen molar-refractivity contribution in [3.05, 3.63) is 249 Å². The Labute approximate surface area is 388 Å². The fourth-order valence-electron chi connectivity index (χ4n) is 11.0. The number of hydrogen-bond acceptors (Lipinski definition) is 1. The largest absolute Gasteiger partial charge is 0.309 e. The summed E-state index contributed by atoms with van der Waals surface area (Å²) in [7, 11) is 0. The lowest BCUT2D eigenvalue weighted by atomic mass is 9.89. The summed E-state index contributed by atoms with van der Waals surface area (Å²) < 4.78 is 4.85. The van der Waals surface area contributed by atoms with Gasteiger partial charge in [-0.2, -0.15) is 0 Å². The first kappa shape index (κ1) is 37.5. The van der Waals surface area contributed by atoms with E-state index in [0.29, 0.717) is 0 Å². The van der Waals surface area contributed by atoms with Crippen molar-refractivity contribution in [3.8, 4) is 55.9 Å². The minimum atomic E-state index is 1.12. The van der Waals surface area contributed by atoms with Crippen LogP contribution in [0.15, 0.2) is 249 Å². The summed E-state index contributed by atoms with van der Waals surface area (Å²) in [6.45, 7) is 0. The van der Waals surface area contributed by atoms with Crippen LogP contribution in [0.25, 0.3) is 110 Å². The predicted molar refractivity (Wildman–Crippen MR) is 283 cm³/mol. The van der Waals surface area contributed by atoms with Gasteiger partial charge in [-0.15, -0.1) is 0 Å². The van der Waals surface area contributed by atoms with Crippen molar-refractivity contribution >= 4 is 71.4 Å². The summed E-state index contributed by atoms with van der Waals surface area (Å²) >= 11 is 0. The molecule has 2 aromatic heterocycles. The van der Waals surface area contributed by atoms with Gasteiger partial charge in [0.05, 0.1) is 33.4 Å². The van der Waals surface area contributed by atoms with Crippen LogP contribution < -0.4 is 4.90 Å². The second-order valence-electron chi connectivity index (χ2n) is 17.7. The van der Waals surface area contributed by atoms with Gasteiger partial charge in [-0.25, -0.2) is 0 Å². The van der Waals surface area contributed by atoms with E-state index in [1.54, 1.807) is 0 Å². The molecule has 0 N–H and O–H groups in total. The van der Waals surface area contributed by atoms with Gasteiger partial charge in [0.25, 0.3) is 0 Å². The minimum absolute atomic E-state index is 1.12. The van der Waals surface area contributed by atoms with Gasteiger partial charge in [-0.1, -0.05) is 152 Å². The molecule has 0 bridgehead atoms. The second kappa shape index (κ2) is 14.8. The molecule has 13 aromatic rings. The Bertz CT molecular complexity index is 3950. The molecule has 67 heavy (non-hydrogen) atoms. The van der Waals surface area contributed by atoms with Gasteiger partial charge in [0.1, 0.15) is 0 Å². The Balaban J connectivity index is 0.995. The summed E-state index contributed by atoms with van der Waals surface area (Å²) in [6.07, 6.45) is 0. The number of nitrogens with zero attached hydrogens (tertiary/aromatic N) is 3. The average molecular weight is 852 g/mol. The number of hydrogen-bond donors (Lipinski definition) is 0. The van der Waals surface area contributed by atoms with Gasteiger partial charge >= 0.3 is 0 Å². The maximum atomic E-state index is 2.48. The topological polar surface area (TPSA) is 13.1 Å². The molecule has 14 rings (SSSR count). The minimum Gasteiger partial charge on any atom is -0.309 e. The molecular formula is C64H41N3. The molecule has 0 radical (unpaired) electrons. The van der Waals surface area contributed by atoms with E-state index < -0.39 is 0 Å². The van der Waals surface area contributed by atoms with E-state index in [0.717, 1.165) is 22.7 Å². The molecule has 0 unspecified atom stereocenters. The molecule has 3 nitrogen and oxygen atoms in total. The Kier molecular flexibility index (Phi) is 8.28. The van der Waals surface area contributed by atoms with Crippen molar-refractivity contribution in [3.63, 3.8) is 0 Å². The zero-order valence-electron chi connectivity index (χ0n) is 36.5. The van der Waals surface area contributed by atoms with Crippen LogP contribution in [0.4, 0.5) is 17.1 Å². The van der Waals surface area contributed by atoms with Crippen molar-refractivity contribution in [2.45, 2.75) is 0 Å². The Hall–Kier alpha value is -8.92. The summed E-state index contributed by atoms with van der Waals surface area (Å²) in [5.41, 5.74) is 20.1. The highest BCUT2D eigenvalue weighted by Gasteiger charge is 2.28. The molecule has 0 spiro atoms. The highest BCUT2D eigenvalue weighted by molar-refractivity contribution is 6.19. The molecule has 0 atom stereocenters. The van der Waals surface area contributed by atoms with Crippen LogP contribution in [0.1, 0.15) is 0 Å². The smallest absolute Gasteiger partial charge is 0.0562 e. The van der Waals surface area contributed by atoms with E-state index in [1.165, 1.54) is 105 Å². The molecule has 0 amide bonds. The maximum Gasteiger partial charge on any atom is 0.0562 e. The van der Waals surface area contributed by atoms with Gasteiger partial charge in [0.2, 0.25) is 0 Å². The van der Waals surface area contributed by atoms with E-state index in [9.17, 15) is 0 Å². The van der Waals surface area contributed by atoms with Crippen molar-refractivity contribution in [1.82, 2.24) is 9.13 Å². The van der Waals surface area contributed by atoms with Crippen molar-refractivity contribution in [2.75, 3.05) is 4.90 Å². The number of anilines is 3. The first-order chi connectivity index (χ1) is 33.2. The summed E-state index contributed by atoms with van der Waals surface area (Å²) in [4.78, 5) is 2.48. The number of benzene rings is 11. The van der Waals surface area contributed by atoms with E-state index in [-0.39, 0.29) is 0 Å². The zero-order chi connectivity index (χ0) is 44.0. The molecular weight excluding hydrogens is 811 g/mol. The highest BCUT2D eigenvalue weighted by Crippen LogP contribution is 2.53. The molecule has 1 aliphatic heterocycles. The van der Waals surface area contributed by atoms with Crippen molar-refractivity contribution in [1.29, 1.82) is 0 Å². The van der Waals surface area contributed by atoms with Gasteiger partial charge in [-0.05, 0) is 141 Å². The average Bonchev–Trinajstić information content (AvgIpc) is 3.91. The first-order valence-electron chi connectivity index (χ1n) is 23.1. The van der Waals surface area contributed by atoms with E-state index >= 15 is 0 Å². The lowest BCUT2D eigenvalue weighted by molar-refractivity contribution is 1.17. The Morgan fingerprint density at radius 3 is 1.40 bits per heavy atom. The van der Waals surface area contributed by atoms with E-state index in [2.05, 4.69) is 263 Å². The quantitative estimate of drug-likeness (QED) is 0.162. The van der Waals surface area contributed by atoms with Crippen LogP contribution in [0, 0.1) is 0 Å². The van der Waals surface area contributed by atoms with Crippen LogP contribution in [0.3, 0.4) is 0 Å². The van der Waals surface area contributed by atoms with Crippen LogP contribution in [0.2, 0.25) is 0 Å². The molecule has 312 valence electrons. The van der Waals surface area contributed by atoms with Crippen LogP contribution in [0.5, 0.6) is 0 Å². The van der Waals surface area contributed by atoms with Crippen molar-refractivity contribution in [2.24, 2.45) is 0 Å². The molecule has 1 aliphatic rings. The fraction of sp³-hybridized carbons (Fsp3) is 0. The van der Waals surface area contributed by atoms with Crippen molar-refractivity contribution < 1.29 is 0 Å². The Morgan fingerprint density at radius 1 is 0.239 bits per heavy atom. The molecule has 3 heterocycles. The second-order valence-corrected chi connectivity index (χ2v) is 17.7. The monoisotopic (exact) mass is 851 g/mol. The van der Waals surface area contributed by atoms with Crippen LogP contribution >= 0.6 is 0 Å². The van der Waals surface area contributed by atoms with Gasteiger partial charge in [-0.3, -0.25) is 0 Å². The molecule has 0 saturated carbocycles. The lowest BCUT2D eigenvalue weighted by Crippen LogP contribution is -2.15. The molecule has 3 heteroatoms. The van der Waals surface area contributed by atoms with Gasteiger partial charge in [0, 0.05) is 49.6 Å². The standard InChI is InChI=1S/C64H41N3/c1-4-16-42(17-5-1)46-36-47(43-18-6-2-7-19-43)38-48(37-46)45-30-35-60-55(39-45)57-40-56-54-26-14-20-44-21-15-29-61(64(44)54)67(62(56)41-63(57)66(60)49-22-8-3-9-23-49)51-33-31-50(32-34-51)65-58-27-12-10-24-52(58)53-25-11-13-28-59(53)65/h1-41H. The number of rotatable bonds is 6. The third-order valence-corrected chi connectivity index (χ3v) is 14.0. The molecule has 0 saturated heterocycles. The van der Waals surface area contributed by atoms with E-state index in [1.807, 2.05) is 0 Å². The number of fused-ring (bicyclic) bond motifs is 8. The van der Waals surface area contributed by atoms with Gasteiger partial charge < -0.3 is 14.0 Å². The van der Waals surface area contributed by atoms with Crippen LogP contribution in [-0.4, -0.2) is 9.13 Å². The summed E-state index contributed by atoms with van der Waals surface area (Å²) in [5.74, 6) is 0. The molecule has 11 aromatic carbocycles. The van der Waals surface area contributed by atoms with E-state index in [4.69, 9.17) is 0 Å². The first-order valence-corrected chi connectivity index (χ1v) is 23.1. The third-order valence-electron chi connectivity index (χ3n) is 14.0. The van der Waals surface area contributed by atoms with Gasteiger partial charge in [0.15, 0.2) is 0 Å². The number of para-hydroxylation sites is 3. The SMILES string of the molecule is c1ccc(-c2cc(-c3ccccc3)cc(-c3ccc4c(c3)c3cc5c(cc3n4-c3ccccc3)N(c3ccc(-n4c6ccccc6c6ccccc64)cc3)c3cccc4cccc-5c34)c2)cc1. The Morgan fingerprint density at radius 2 is 0.746 bits per heavy atom. The zero-order valence-corrected chi connectivity index (χ0v) is 36.5. The molecule has 0 aliphatic carbocycles. The third kappa shape index (κ3) is 5.85. The lowest BCUT2D eigenvalue weighted by Gasteiger charge is -2.34. The summed E-state index contributed by atoms with van der Waals surface area (Å²) in [5, 5.41) is 7.46. The molecule has 0 fully saturated rings. The van der Waals surface area contributed by atoms with Crippen LogP contribution in [-0.2, 0) is 0 Å². The maximum absolute atomic E-state index is 2.48. The highest BCUT2D eigenvalue weighted by atomic mass is 15.2. The predicted octanol–water partition coefficient (Wildman–Crippen LogP) is 17.5. The normalized spacial score (nSPS) is 12.1.